The first kappa shape index (κ1) is 11.6. The zero-order chi connectivity index (χ0) is 9.78. The second-order valence-corrected chi connectivity index (χ2v) is 3.67. The number of carbonyl (C=O) groups is 1. The monoisotopic (exact) mass is 173 g/mol. The number of aldehydes is 1. The summed E-state index contributed by atoms with van der Waals surface area (Å²) < 4.78 is 5.63. The fourth-order valence-corrected chi connectivity index (χ4v) is 0.781. The van der Waals surface area contributed by atoms with Gasteiger partial charge < -0.3 is 9.53 Å². The van der Waals surface area contributed by atoms with Crippen LogP contribution in [0, 0.1) is 0 Å². The smallest absolute Gasteiger partial charge is 0.122 e. The Bertz CT molecular complexity index is 143. The number of hydrogen-bond acceptors (Lipinski definition) is 3. The van der Waals surface area contributed by atoms with Crippen LogP contribution in [0.2, 0.25) is 0 Å². The molecule has 0 N–H and O–H groups in total. The predicted molar refractivity (Wildman–Crippen MR) is 49.0 cm³/mol. The van der Waals surface area contributed by atoms with E-state index in [4.69, 9.17) is 4.74 Å². The second-order valence-electron chi connectivity index (χ2n) is 3.67. The van der Waals surface area contributed by atoms with Crippen LogP contribution in [0.15, 0.2) is 0 Å². The highest BCUT2D eigenvalue weighted by Crippen LogP contribution is 2.15. The topological polar surface area (TPSA) is 29.5 Å². The van der Waals surface area contributed by atoms with Crippen molar-refractivity contribution >= 4 is 6.29 Å². The van der Waals surface area contributed by atoms with Crippen LogP contribution in [0.1, 0.15) is 27.2 Å². The van der Waals surface area contributed by atoms with Crippen molar-refractivity contribution in [3.63, 3.8) is 0 Å². The second kappa shape index (κ2) is 4.58. The van der Waals surface area contributed by atoms with E-state index in [0.29, 0.717) is 6.42 Å². The fourth-order valence-electron chi connectivity index (χ4n) is 0.781. The van der Waals surface area contributed by atoms with Crippen LogP contribution in [0.4, 0.5) is 0 Å². The summed E-state index contributed by atoms with van der Waals surface area (Å²) >= 11 is 0. The van der Waals surface area contributed by atoms with Crippen LogP contribution in [0.5, 0.6) is 0 Å². The lowest BCUT2D eigenvalue weighted by Crippen LogP contribution is -2.43. The van der Waals surface area contributed by atoms with E-state index in [1.54, 1.807) is 0 Å². The fraction of sp³-hybridized carbons (Fsp3) is 0.889. The number of rotatable bonds is 5. The van der Waals surface area contributed by atoms with Gasteiger partial charge in [0.15, 0.2) is 0 Å². The van der Waals surface area contributed by atoms with Crippen LogP contribution in [-0.4, -0.2) is 37.1 Å². The molecule has 0 aromatic carbocycles. The van der Waals surface area contributed by atoms with E-state index in [0.717, 1.165) is 6.29 Å². The SMILES string of the molecule is CC(CC=O)OC(C)(C)N(C)C. The van der Waals surface area contributed by atoms with E-state index >= 15 is 0 Å². The number of hydrogen-bond donors (Lipinski definition) is 0. The molecule has 0 saturated heterocycles. The maximum Gasteiger partial charge on any atom is 0.122 e. The summed E-state index contributed by atoms with van der Waals surface area (Å²) in [6.07, 6.45) is 1.33. The molecule has 0 aromatic heterocycles. The van der Waals surface area contributed by atoms with Crippen LogP contribution in [-0.2, 0) is 9.53 Å². The van der Waals surface area contributed by atoms with Crippen LogP contribution < -0.4 is 0 Å². The first-order valence-corrected chi connectivity index (χ1v) is 4.19. The standard InChI is InChI=1S/C9H19NO2/c1-8(6-7-11)12-9(2,3)10(4)5/h7-8H,6H2,1-5H3. The molecule has 0 saturated carbocycles. The van der Waals surface area contributed by atoms with Gasteiger partial charge in [-0.2, -0.15) is 0 Å². The third-order valence-corrected chi connectivity index (χ3v) is 1.99. The summed E-state index contributed by atoms with van der Waals surface area (Å²) in [5.41, 5.74) is -0.303. The van der Waals surface area contributed by atoms with Gasteiger partial charge in [0.2, 0.25) is 0 Å². The lowest BCUT2D eigenvalue weighted by molar-refractivity contribution is -0.146. The minimum absolute atomic E-state index is 0.0140. The molecule has 0 aromatic rings. The lowest BCUT2D eigenvalue weighted by atomic mass is 10.2. The van der Waals surface area contributed by atoms with Crippen molar-refractivity contribution in [2.24, 2.45) is 0 Å². The van der Waals surface area contributed by atoms with E-state index in [1.807, 2.05) is 39.8 Å². The summed E-state index contributed by atoms with van der Waals surface area (Å²) in [5.74, 6) is 0. The average molecular weight is 173 g/mol. The van der Waals surface area contributed by atoms with Gasteiger partial charge in [-0.25, -0.2) is 0 Å². The third kappa shape index (κ3) is 3.83. The van der Waals surface area contributed by atoms with Gasteiger partial charge in [0.25, 0.3) is 0 Å². The van der Waals surface area contributed by atoms with Gasteiger partial charge in [0, 0.05) is 6.42 Å². The quantitative estimate of drug-likeness (QED) is 0.463. The molecule has 12 heavy (non-hydrogen) atoms. The Kier molecular flexibility index (Phi) is 4.42. The summed E-state index contributed by atoms with van der Waals surface area (Å²) in [5, 5.41) is 0. The van der Waals surface area contributed by atoms with Crippen molar-refractivity contribution in [1.82, 2.24) is 4.90 Å². The number of nitrogens with zero attached hydrogens (tertiary/aromatic N) is 1. The van der Waals surface area contributed by atoms with Gasteiger partial charge in [-0.05, 0) is 34.9 Å². The van der Waals surface area contributed by atoms with Gasteiger partial charge in [0.1, 0.15) is 12.0 Å². The first-order valence-electron chi connectivity index (χ1n) is 4.19. The predicted octanol–water partition coefficient (Wildman–Crippen LogP) is 1.28. The summed E-state index contributed by atoms with van der Waals surface area (Å²) in [4.78, 5) is 12.2. The molecule has 0 fully saturated rings. The van der Waals surface area contributed by atoms with Crippen LogP contribution >= 0.6 is 0 Å². The summed E-state index contributed by atoms with van der Waals surface area (Å²) in [6.45, 7) is 5.86. The molecular weight excluding hydrogens is 154 g/mol. The van der Waals surface area contributed by atoms with Crippen molar-refractivity contribution in [2.45, 2.75) is 39.0 Å². The molecule has 0 rings (SSSR count). The zero-order valence-corrected chi connectivity index (χ0v) is 8.63. The average Bonchev–Trinajstić information content (AvgIpc) is 1.85. The van der Waals surface area contributed by atoms with E-state index < -0.39 is 0 Å². The van der Waals surface area contributed by atoms with Crippen LogP contribution in [0.3, 0.4) is 0 Å². The molecule has 0 amide bonds. The Hall–Kier alpha value is -0.410. The molecule has 0 radical (unpaired) electrons. The molecule has 0 bridgehead atoms. The maximum atomic E-state index is 10.2. The molecule has 0 aliphatic heterocycles. The first-order chi connectivity index (χ1) is 5.40. The van der Waals surface area contributed by atoms with Gasteiger partial charge >= 0.3 is 0 Å². The normalized spacial score (nSPS) is 14.8. The van der Waals surface area contributed by atoms with Gasteiger partial charge in [0.05, 0.1) is 6.10 Å². The molecule has 3 heteroatoms. The Morgan fingerprint density at radius 2 is 2.00 bits per heavy atom. The van der Waals surface area contributed by atoms with E-state index in [9.17, 15) is 4.79 Å². The molecule has 0 heterocycles. The molecule has 1 atom stereocenters. The summed E-state index contributed by atoms with van der Waals surface area (Å²) in [7, 11) is 3.90. The van der Waals surface area contributed by atoms with E-state index in [-0.39, 0.29) is 11.8 Å². The van der Waals surface area contributed by atoms with Gasteiger partial charge in [-0.3, -0.25) is 4.90 Å². The number of ether oxygens (including phenoxy) is 1. The molecule has 3 nitrogen and oxygen atoms in total. The van der Waals surface area contributed by atoms with Crippen molar-refractivity contribution in [2.75, 3.05) is 14.1 Å². The molecule has 0 aliphatic rings. The van der Waals surface area contributed by atoms with E-state index in [1.165, 1.54) is 0 Å². The molecule has 0 spiro atoms. The van der Waals surface area contributed by atoms with Crippen molar-refractivity contribution in [3.05, 3.63) is 0 Å². The molecule has 1 unspecified atom stereocenters. The Labute approximate surface area is 74.7 Å². The largest absolute Gasteiger partial charge is 0.358 e. The van der Waals surface area contributed by atoms with Crippen LogP contribution in [0.25, 0.3) is 0 Å². The minimum Gasteiger partial charge on any atom is -0.358 e. The highest BCUT2D eigenvalue weighted by atomic mass is 16.5. The van der Waals surface area contributed by atoms with Gasteiger partial charge in [-0.15, -0.1) is 0 Å². The molecular formula is C9H19NO2. The Morgan fingerprint density at radius 3 is 2.33 bits per heavy atom. The lowest BCUT2D eigenvalue weighted by Gasteiger charge is -2.34. The molecule has 72 valence electrons. The number of carbonyl (C=O) groups excluding carboxylic acids is 1. The minimum atomic E-state index is -0.303. The van der Waals surface area contributed by atoms with Crippen molar-refractivity contribution in [1.29, 1.82) is 0 Å². The highest BCUT2D eigenvalue weighted by molar-refractivity contribution is 5.49. The summed E-state index contributed by atoms with van der Waals surface area (Å²) in [6, 6.07) is 0. The van der Waals surface area contributed by atoms with Crippen molar-refractivity contribution < 1.29 is 9.53 Å². The van der Waals surface area contributed by atoms with Crippen molar-refractivity contribution in [3.8, 4) is 0 Å². The molecule has 0 aliphatic carbocycles. The maximum absolute atomic E-state index is 10.2. The zero-order valence-electron chi connectivity index (χ0n) is 8.63. The third-order valence-electron chi connectivity index (χ3n) is 1.99. The highest BCUT2D eigenvalue weighted by Gasteiger charge is 2.23. The Morgan fingerprint density at radius 1 is 1.50 bits per heavy atom. The van der Waals surface area contributed by atoms with Gasteiger partial charge in [-0.1, -0.05) is 0 Å². The van der Waals surface area contributed by atoms with E-state index in [2.05, 4.69) is 0 Å². The Balaban J connectivity index is 3.95.